The highest BCUT2D eigenvalue weighted by Gasteiger charge is 2.46. The second-order valence-corrected chi connectivity index (χ2v) is 6.71. The largest absolute Gasteiger partial charge is 0.480 e. The fourth-order valence-electron chi connectivity index (χ4n) is 4.43. The summed E-state index contributed by atoms with van der Waals surface area (Å²) >= 11 is 0. The van der Waals surface area contributed by atoms with Crippen LogP contribution >= 0.6 is 0 Å². The zero-order chi connectivity index (χ0) is 14.2. The smallest absolute Gasteiger partial charge is 0.323 e. The van der Waals surface area contributed by atoms with Gasteiger partial charge in [-0.05, 0) is 65.2 Å². The maximum Gasteiger partial charge on any atom is 0.323 e. The summed E-state index contributed by atoms with van der Waals surface area (Å²) in [6, 6.07) is 1.16. The topological polar surface area (TPSA) is 55.8 Å². The fourth-order valence-corrected chi connectivity index (χ4v) is 4.43. The van der Waals surface area contributed by atoms with Gasteiger partial charge in [0.05, 0.1) is 0 Å². The van der Waals surface area contributed by atoms with Crippen molar-refractivity contribution in [2.75, 3.05) is 33.2 Å². The van der Waals surface area contributed by atoms with Crippen molar-refractivity contribution in [3.8, 4) is 0 Å². The van der Waals surface area contributed by atoms with E-state index < -0.39 is 11.5 Å². The molecule has 5 heteroatoms. The zero-order valence-corrected chi connectivity index (χ0v) is 12.5. The van der Waals surface area contributed by atoms with E-state index in [0.717, 1.165) is 32.4 Å². The Balaban J connectivity index is 1.66. The lowest BCUT2D eigenvalue weighted by Gasteiger charge is -2.31. The molecule has 2 N–H and O–H groups in total. The highest BCUT2D eigenvalue weighted by Crippen LogP contribution is 2.35. The Kier molecular flexibility index (Phi) is 4.02. The average Bonchev–Trinajstić information content (AvgIpc) is 3.02. The Bertz CT molecular complexity index is 376. The van der Waals surface area contributed by atoms with Crippen molar-refractivity contribution in [1.82, 2.24) is 15.1 Å². The number of hydrogen-bond acceptors (Lipinski definition) is 4. The summed E-state index contributed by atoms with van der Waals surface area (Å²) in [7, 11) is 1.79. The van der Waals surface area contributed by atoms with Crippen LogP contribution in [0.3, 0.4) is 0 Å². The van der Waals surface area contributed by atoms with Crippen molar-refractivity contribution >= 4 is 5.97 Å². The van der Waals surface area contributed by atoms with Gasteiger partial charge < -0.3 is 10.4 Å². The number of carboxylic acid groups (broad SMARTS) is 1. The monoisotopic (exact) mass is 281 g/mol. The molecule has 2 saturated heterocycles. The molecule has 1 aliphatic carbocycles. The van der Waals surface area contributed by atoms with Crippen molar-refractivity contribution < 1.29 is 9.90 Å². The van der Waals surface area contributed by atoms with E-state index >= 15 is 0 Å². The lowest BCUT2D eigenvalue weighted by atomic mass is 9.97. The summed E-state index contributed by atoms with van der Waals surface area (Å²) in [4.78, 5) is 16.8. The molecule has 0 radical (unpaired) electrons. The van der Waals surface area contributed by atoms with E-state index in [0.29, 0.717) is 12.1 Å². The van der Waals surface area contributed by atoms with Crippen LogP contribution in [0.1, 0.15) is 38.5 Å². The number of nitrogens with zero attached hydrogens (tertiary/aromatic N) is 2. The van der Waals surface area contributed by atoms with E-state index in [1.54, 1.807) is 7.05 Å². The zero-order valence-electron chi connectivity index (χ0n) is 12.5. The third-order valence-electron chi connectivity index (χ3n) is 5.73. The predicted molar refractivity (Wildman–Crippen MR) is 77.9 cm³/mol. The number of aliphatic carboxylic acids is 1. The molecule has 2 aliphatic heterocycles. The van der Waals surface area contributed by atoms with Crippen LogP contribution in [-0.4, -0.2) is 71.7 Å². The normalized spacial score (nSPS) is 39.6. The highest BCUT2D eigenvalue weighted by atomic mass is 16.4. The maximum absolute atomic E-state index is 11.5. The lowest BCUT2D eigenvalue weighted by Crippen LogP contribution is -2.50. The summed E-state index contributed by atoms with van der Waals surface area (Å²) < 4.78 is 0. The van der Waals surface area contributed by atoms with Crippen LogP contribution < -0.4 is 5.32 Å². The van der Waals surface area contributed by atoms with Crippen LogP contribution in [0.2, 0.25) is 0 Å². The lowest BCUT2D eigenvalue weighted by molar-refractivity contribution is -0.144. The van der Waals surface area contributed by atoms with Crippen molar-refractivity contribution in [2.24, 2.45) is 0 Å². The summed E-state index contributed by atoms with van der Waals surface area (Å²) in [6.07, 6.45) is 6.41. The van der Waals surface area contributed by atoms with Gasteiger partial charge >= 0.3 is 5.97 Å². The quantitative estimate of drug-likeness (QED) is 0.799. The molecular formula is C15H27N3O2. The molecule has 114 valence electrons. The average molecular weight is 281 g/mol. The first kappa shape index (κ1) is 14.3. The van der Waals surface area contributed by atoms with Gasteiger partial charge in [0, 0.05) is 18.6 Å². The van der Waals surface area contributed by atoms with Gasteiger partial charge in [-0.25, -0.2) is 0 Å². The van der Waals surface area contributed by atoms with E-state index in [1.165, 1.54) is 32.4 Å². The van der Waals surface area contributed by atoms with Crippen LogP contribution in [0.4, 0.5) is 0 Å². The number of fused-ring (bicyclic) bond motifs is 1. The number of hydrogen-bond donors (Lipinski definition) is 2. The van der Waals surface area contributed by atoms with E-state index in [9.17, 15) is 9.90 Å². The second kappa shape index (κ2) is 5.62. The maximum atomic E-state index is 11.5. The molecule has 1 saturated carbocycles. The summed E-state index contributed by atoms with van der Waals surface area (Å²) in [5.41, 5.74) is -0.688. The number of rotatable bonds is 3. The molecule has 0 bridgehead atoms. The molecule has 3 fully saturated rings. The number of carboxylic acids is 1. The Labute approximate surface area is 121 Å². The minimum atomic E-state index is -0.688. The summed E-state index contributed by atoms with van der Waals surface area (Å²) in [6.45, 7) is 4.77. The molecule has 0 aromatic carbocycles. The molecule has 3 atom stereocenters. The Morgan fingerprint density at radius 3 is 2.60 bits per heavy atom. The van der Waals surface area contributed by atoms with Gasteiger partial charge in [-0.2, -0.15) is 0 Å². The second-order valence-electron chi connectivity index (χ2n) is 6.71. The van der Waals surface area contributed by atoms with E-state index in [1.807, 2.05) is 0 Å². The van der Waals surface area contributed by atoms with Gasteiger partial charge in [-0.15, -0.1) is 0 Å². The molecule has 3 unspecified atom stereocenters. The molecule has 5 nitrogen and oxygen atoms in total. The Morgan fingerprint density at radius 2 is 1.90 bits per heavy atom. The molecule has 3 rings (SSSR count). The first-order valence-corrected chi connectivity index (χ1v) is 8.05. The van der Waals surface area contributed by atoms with Gasteiger partial charge in [0.1, 0.15) is 5.54 Å². The van der Waals surface area contributed by atoms with Crippen molar-refractivity contribution in [1.29, 1.82) is 0 Å². The van der Waals surface area contributed by atoms with Gasteiger partial charge in [0.25, 0.3) is 0 Å². The summed E-state index contributed by atoms with van der Waals surface area (Å²) in [5.74, 6) is -0.681. The van der Waals surface area contributed by atoms with Crippen LogP contribution in [0.15, 0.2) is 0 Å². The highest BCUT2D eigenvalue weighted by molar-refractivity contribution is 5.79. The van der Waals surface area contributed by atoms with E-state index in [2.05, 4.69) is 15.1 Å². The standard InChI is InChI=1S/C15H27N3O2/c1-16-15(14(19)20)6-5-12(10-15)18-9-3-8-17-7-2-4-13(17)11-18/h12-13,16H,2-11H2,1H3,(H,19,20). The molecule has 0 amide bonds. The van der Waals surface area contributed by atoms with Gasteiger partial charge in [0.15, 0.2) is 0 Å². The first-order chi connectivity index (χ1) is 9.64. The molecule has 0 aromatic heterocycles. The van der Waals surface area contributed by atoms with Crippen molar-refractivity contribution in [3.05, 3.63) is 0 Å². The van der Waals surface area contributed by atoms with E-state index in [-0.39, 0.29) is 0 Å². The Hall–Kier alpha value is -0.650. The minimum Gasteiger partial charge on any atom is -0.480 e. The van der Waals surface area contributed by atoms with Gasteiger partial charge in [-0.3, -0.25) is 14.6 Å². The fraction of sp³-hybridized carbons (Fsp3) is 0.933. The predicted octanol–water partition coefficient (Wildman–Crippen LogP) is 0.752. The SMILES string of the molecule is CNC1(C(=O)O)CCC(N2CCCN3CCCC3C2)C1. The van der Waals surface area contributed by atoms with Crippen molar-refractivity contribution in [3.63, 3.8) is 0 Å². The minimum absolute atomic E-state index is 0.444. The molecule has 20 heavy (non-hydrogen) atoms. The molecule has 0 aromatic rings. The van der Waals surface area contributed by atoms with Crippen LogP contribution in [0.5, 0.6) is 0 Å². The number of likely N-dealkylation sites (N-methyl/N-ethyl adjacent to an activating group) is 1. The molecular weight excluding hydrogens is 254 g/mol. The van der Waals surface area contributed by atoms with E-state index in [4.69, 9.17) is 0 Å². The number of nitrogens with one attached hydrogen (secondary N) is 1. The van der Waals surface area contributed by atoms with Crippen LogP contribution in [0.25, 0.3) is 0 Å². The first-order valence-electron chi connectivity index (χ1n) is 8.05. The van der Waals surface area contributed by atoms with Gasteiger partial charge in [0.2, 0.25) is 0 Å². The number of carbonyl (C=O) groups is 1. The van der Waals surface area contributed by atoms with Crippen LogP contribution in [0, 0.1) is 0 Å². The Morgan fingerprint density at radius 1 is 1.15 bits per heavy atom. The molecule has 3 aliphatic rings. The van der Waals surface area contributed by atoms with Gasteiger partial charge in [-0.1, -0.05) is 0 Å². The van der Waals surface area contributed by atoms with Crippen molar-refractivity contribution in [2.45, 2.75) is 56.1 Å². The summed E-state index contributed by atoms with van der Waals surface area (Å²) in [5, 5.41) is 12.6. The van der Waals surface area contributed by atoms with Crippen LogP contribution in [-0.2, 0) is 4.79 Å². The molecule has 0 spiro atoms. The third-order valence-corrected chi connectivity index (χ3v) is 5.73. The molecule has 2 heterocycles. The third kappa shape index (κ3) is 2.47.